The summed E-state index contributed by atoms with van der Waals surface area (Å²) < 4.78 is 4.65. The average Bonchev–Trinajstić information content (AvgIpc) is 2.05. The van der Waals surface area contributed by atoms with E-state index in [-0.39, 0.29) is 24.3 Å². The molecule has 0 aliphatic heterocycles. The number of esters is 1. The van der Waals surface area contributed by atoms with Crippen LogP contribution in [0.1, 0.15) is 32.1 Å². The molecular formula is C8H15ClO2. The van der Waals surface area contributed by atoms with Crippen molar-refractivity contribution in [2.45, 2.75) is 32.1 Å². The Kier molecular flexibility index (Phi) is 5.30. The van der Waals surface area contributed by atoms with Crippen molar-refractivity contribution in [3.8, 4) is 0 Å². The lowest BCUT2D eigenvalue weighted by Gasteiger charge is -2.18. The van der Waals surface area contributed by atoms with Gasteiger partial charge in [0.2, 0.25) is 0 Å². The monoisotopic (exact) mass is 178 g/mol. The number of carbonyl (C=O) groups is 1. The van der Waals surface area contributed by atoms with Gasteiger partial charge in [0.15, 0.2) is 0 Å². The Morgan fingerprint density at radius 2 is 1.82 bits per heavy atom. The minimum absolute atomic E-state index is 0. The van der Waals surface area contributed by atoms with Gasteiger partial charge in [-0.25, -0.2) is 0 Å². The fraction of sp³-hybridized carbons (Fsp3) is 0.875. The van der Waals surface area contributed by atoms with Crippen molar-refractivity contribution in [1.29, 1.82) is 0 Å². The summed E-state index contributed by atoms with van der Waals surface area (Å²) in [6.07, 6.45) is 5.74. The summed E-state index contributed by atoms with van der Waals surface area (Å²) in [5, 5.41) is 0. The number of hydrogen-bond donors (Lipinski definition) is 0. The van der Waals surface area contributed by atoms with Crippen LogP contribution in [0.4, 0.5) is 0 Å². The summed E-state index contributed by atoms with van der Waals surface area (Å²) in [7, 11) is 1.47. The van der Waals surface area contributed by atoms with E-state index < -0.39 is 0 Å². The minimum atomic E-state index is -0.0142. The quantitative estimate of drug-likeness (QED) is 0.576. The lowest BCUT2D eigenvalue weighted by atomic mass is 9.89. The van der Waals surface area contributed by atoms with Gasteiger partial charge in [0.25, 0.3) is 0 Å². The Balaban J connectivity index is 0.000001000. The average molecular weight is 179 g/mol. The standard InChI is InChI=1S/C8H14O2.ClH/c1-10-8(9)7-5-3-2-4-6-7;/h7H,2-6H2,1H3;1H. The molecule has 0 unspecified atom stereocenters. The topological polar surface area (TPSA) is 26.3 Å². The highest BCUT2D eigenvalue weighted by molar-refractivity contribution is 5.85. The molecule has 0 atom stereocenters. The van der Waals surface area contributed by atoms with Crippen LogP contribution < -0.4 is 0 Å². The van der Waals surface area contributed by atoms with E-state index in [4.69, 9.17) is 0 Å². The largest absolute Gasteiger partial charge is 0.469 e. The molecule has 1 fully saturated rings. The zero-order chi connectivity index (χ0) is 7.40. The Morgan fingerprint density at radius 3 is 2.27 bits per heavy atom. The number of ether oxygens (including phenoxy) is 1. The van der Waals surface area contributed by atoms with Gasteiger partial charge in [0, 0.05) is 0 Å². The molecule has 0 N–H and O–H groups in total. The summed E-state index contributed by atoms with van der Waals surface area (Å²) in [6.45, 7) is 0. The molecule has 11 heavy (non-hydrogen) atoms. The highest BCUT2D eigenvalue weighted by atomic mass is 35.5. The molecule has 1 rings (SSSR count). The van der Waals surface area contributed by atoms with Crippen molar-refractivity contribution >= 4 is 18.4 Å². The first-order valence-corrected chi connectivity index (χ1v) is 3.92. The molecule has 66 valence electrons. The summed E-state index contributed by atoms with van der Waals surface area (Å²) in [4.78, 5) is 10.9. The predicted octanol–water partition coefficient (Wildman–Crippen LogP) is 2.16. The van der Waals surface area contributed by atoms with Crippen LogP contribution in [0.2, 0.25) is 0 Å². The summed E-state index contributed by atoms with van der Waals surface area (Å²) in [5.74, 6) is 0.193. The van der Waals surface area contributed by atoms with Crippen LogP contribution in [0.15, 0.2) is 0 Å². The molecule has 1 aliphatic rings. The molecule has 0 spiro atoms. The lowest BCUT2D eigenvalue weighted by molar-refractivity contribution is -0.146. The van der Waals surface area contributed by atoms with E-state index in [9.17, 15) is 4.79 Å². The van der Waals surface area contributed by atoms with Gasteiger partial charge in [-0.05, 0) is 12.8 Å². The summed E-state index contributed by atoms with van der Waals surface area (Å²) in [6, 6.07) is 0. The van der Waals surface area contributed by atoms with E-state index in [1.165, 1.54) is 26.4 Å². The predicted molar refractivity (Wildman–Crippen MR) is 45.8 cm³/mol. The minimum Gasteiger partial charge on any atom is -0.469 e. The van der Waals surface area contributed by atoms with Gasteiger partial charge >= 0.3 is 5.97 Å². The van der Waals surface area contributed by atoms with Crippen molar-refractivity contribution in [3.05, 3.63) is 0 Å². The Labute approximate surface area is 73.7 Å². The molecule has 2 nitrogen and oxygen atoms in total. The molecule has 0 bridgehead atoms. The van der Waals surface area contributed by atoms with E-state index in [0.717, 1.165) is 12.8 Å². The van der Waals surface area contributed by atoms with E-state index in [1.807, 2.05) is 0 Å². The van der Waals surface area contributed by atoms with Crippen LogP contribution in [0.5, 0.6) is 0 Å². The molecule has 0 amide bonds. The molecule has 0 aromatic carbocycles. The van der Waals surface area contributed by atoms with Gasteiger partial charge in [0.05, 0.1) is 13.0 Å². The van der Waals surface area contributed by atoms with Gasteiger partial charge in [-0.1, -0.05) is 19.3 Å². The third-order valence-electron chi connectivity index (χ3n) is 2.14. The molecule has 0 radical (unpaired) electrons. The SMILES string of the molecule is COC(=O)C1CCCCC1.Cl. The van der Waals surface area contributed by atoms with Crippen LogP contribution >= 0.6 is 12.4 Å². The smallest absolute Gasteiger partial charge is 0.308 e. The van der Waals surface area contributed by atoms with Crippen LogP contribution in [0.3, 0.4) is 0 Å². The van der Waals surface area contributed by atoms with Crippen molar-refractivity contribution in [2.75, 3.05) is 7.11 Å². The molecule has 1 aliphatic carbocycles. The van der Waals surface area contributed by atoms with Crippen molar-refractivity contribution in [3.63, 3.8) is 0 Å². The molecule has 0 heterocycles. The van der Waals surface area contributed by atoms with Gasteiger partial charge in [-0.2, -0.15) is 0 Å². The number of methoxy groups -OCH3 is 1. The number of halogens is 1. The van der Waals surface area contributed by atoms with Crippen LogP contribution in [0, 0.1) is 5.92 Å². The molecule has 0 aromatic heterocycles. The third kappa shape index (κ3) is 3.10. The summed E-state index contributed by atoms with van der Waals surface area (Å²) >= 11 is 0. The zero-order valence-corrected chi connectivity index (χ0v) is 7.65. The molecule has 1 saturated carbocycles. The molecular weight excluding hydrogens is 164 g/mol. The van der Waals surface area contributed by atoms with E-state index in [0.29, 0.717) is 0 Å². The fourth-order valence-corrected chi connectivity index (χ4v) is 1.50. The number of carbonyl (C=O) groups excluding carboxylic acids is 1. The summed E-state index contributed by atoms with van der Waals surface area (Å²) in [5.41, 5.74) is 0. The van der Waals surface area contributed by atoms with E-state index in [1.54, 1.807) is 0 Å². The Hall–Kier alpha value is -0.240. The first-order chi connectivity index (χ1) is 4.84. The van der Waals surface area contributed by atoms with Crippen molar-refractivity contribution in [2.24, 2.45) is 5.92 Å². The zero-order valence-electron chi connectivity index (χ0n) is 6.84. The van der Waals surface area contributed by atoms with Crippen molar-refractivity contribution in [1.82, 2.24) is 0 Å². The maximum Gasteiger partial charge on any atom is 0.308 e. The number of rotatable bonds is 1. The van der Waals surface area contributed by atoms with Crippen LogP contribution in [0.25, 0.3) is 0 Å². The highest BCUT2D eigenvalue weighted by Gasteiger charge is 2.20. The second-order valence-corrected chi connectivity index (χ2v) is 2.86. The Bertz CT molecular complexity index is 119. The Morgan fingerprint density at radius 1 is 1.27 bits per heavy atom. The van der Waals surface area contributed by atoms with Crippen LogP contribution in [-0.2, 0) is 9.53 Å². The maximum absolute atomic E-state index is 10.9. The lowest BCUT2D eigenvalue weighted by Crippen LogP contribution is -2.18. The van der Waals surface area contributed by atoms with Gasteiger partial charge in [-0.3, -0.25) is 4.79 Å². The fourth-order valence-electron chi connectivity index (χ4n) is 1.50. The van der Waals surface area contributed by atoms with Gasteiger partial charge in [-0.15, -0.1) is 12.4 Å². The van der Waals surface area contributed by atoms with Gasteiger partial charge < -0.3 is 4.74 Å². The normalized spacial score (nSPS) is 18.6. The first kappa shape index (κ1) is 10.8. The first-order valence-electron chi connectivity index (χ1n) is 3.92. The molecule has 3 heteroatoms. The van der Waals surface area contributed by atoms with Gasteiger partial charge in [0.1, 0.15) is 0 Å². The highest BCUT2D eigenvalue weighted by Crippen LogP contribution is 2.24. The van der Waals surface area contributed by atoms with Crippen molar-refractivity contribution < 1.29 is 9.53 Å². The molecule has 0 aromatic rings. The van der Waals surface area contributed by atoms with E-state index in [2.05, 4.69) is 4.74 Å². The molecule has 0 saturated heterocycles. The second kappa shape index (κ2) is 5.42. The number of hydrogen-bond acceptors (Lipinski definition) is 2. The maximum atomic E-state index is 10.9. The van der Waals surface area contributed by atoms with E-state index >= 15 is 0 Å². The third-order valence-corrected chi connectivity index (χ3v) is 2.14. The van der Waals surface area contributed by atoms with Crippen LogP contribution in [-0.4, -0.2) is 13.1 Å². The second-order valence-electron chi connectivity index (χ2n) is 2.86.